The second kappa shape index (κ2) is 6.42. The Balaban J connectivity index is 1.71. The molecule has 0 N–H and O–H groups in total. The zero-order chi connectivity index (χ0) is 19.1. The van der Waals surface area contributed by atoms with Gasteiger partial charge in [-0.2, -0.15) is 5.10 Å². The van der Waals surface area contributed by atoms with Crippen molar-refractivity contribution < 1.29 is 4.74 Å². The molecule has 0 aliphatic carbocycles. The first kappa shape index (κ1) is 17.1. The van der Waals surface area contributed by atoms with E-state index in [1.165, 1.54) is 4.57 Å². The molecule has 0 spiro atoms. The molecule has 0 atom stereocenters. The molecule has 0 amide bonds. The molecular weight excluding hydrogens is 342 g/mol. The van der Waals surface area contributed by atoms with E-state index in [0.717, 1.165) is 17.1 Å². The highest BCUT2D eigenvalue weighted by Gasteiger charge is 2.14. The molecule has 0 saturated carbocycles. The lowest BCUT2D eigenvalue weighted by Gasteiger charge is -2.13. The zero-order valence-corrected chi connectivity index (χ0v) is 15.7. The fourth-order valence-corrected chi connectivity index (χ4v) is 3.13. The number of benzene rings is 1. The molecule has 1 aromatic carbocycles. The minimum Gasteiger partial charge on any atom is -0.439 e. The van der Waals surface area contributed by atoms with Crippen LogP contribution in [0.1, 0.15) is 25.6 Å². The molecule has 0 unspecified atom stereocenters. The van der Waals surface area contributed by atoms with Crippen molar-refractivity contribution in [3.8, 4) is 22.9 Å². The van der Waals surface area contributed by atoms with Crippen LogP contribution in [0.4, 0.5) is 0 Å². The van der Waals surface area contributed by atoms with Gasteiger partial charge < -0.3 is 4.74 Å². The lowest BCUT2D eigenvalue weighted by Crippen LogP contribution is -2.20. The largest absolute Gasteiger partial charge is 0.439 e. The third-order valence-corrected chi connectivity index (χ3v) is 4.63. The number of nitrogens with zero attached hydrogens (tertiary/aromatic N) is 5. The van der Waals surface area contributed by atoms with Crippen molar-refractivity contribution >= 4 is 5.52 Å². The predicted octanol–water partition coefficient (Wildman–Crippen LogP) is 3.35. The third kappa shape index (κ3) is 2.91. The number of aromatic nitrogens is 5. The van der Waals surface area contributed by atoms with Crippen LogP contribution in [0.2, 0.25) is 0 Å². The van der Waals surface area contributed by atoms with Crippen molar-refractivity contribution in [3.05, 3.63) is 65.1 Å². The van der Waals surface area contributed by atoms with Gasteiger partial charge in [-0.1, -0.05) is 13.8 Å². The molecule has 0 saturated heterocycles. The Bertz CT molecular complexity index is 1170. The summed E-state index contributed by atoms with van der Waals surface area (Å²) in [6.45, 7) is 4.09. The van der Waals surface area contributed by atoms with Crippen molar-refractivity contribution in [3.63, 3.8) is 0 Å². The number of aryl methyl sites for hydroxylation is 1. The Morgan fingerprint density at radius 1 is 1.07 bits per heavy atom. The van der Waals surface area contributed by atoms with Gasteiger partial charge in [0.25, 0.3) is 5.56 Å². The van der Waals surface area contributed by atoms with Gasteiger partial charge in [-0.25, -0.2) is 4.98 Å². The first-order valence-electron chi connectivity index (χ1n) is 8.79. The Labute approximate surface area is 156 Å². The summed E-state index contributed by atoms with van der Waals surface area (Å²) in [5, 5.41) is 4.19. The van der Waals surface area contributed by atoms with E-state index in [0.29, 0.717) is 17.1 Å². The molecule has 138 valence electrons. The summed E-state index contributed by atoms with van der Waals surface area (Å²) in [4.78, 5) is 17.0. The highest BCUT2D eigenvalue weighted by molar-refractivity contribution is 5.60. The molecule has 0 fully saturated rings. The van der Waals surface area contributed by atoms with Crippen LogP contribution in [0, 0.1) is 0 Å². The Morgan fingerprint density at radius 2 is 1.81 bits per heavy atom. The molecule has 7 nitrogen and oxygen atoms in total. The minimum atomic E-state index is -0.140. The molecule has 27 heavy (non-hydrogen) atoms. The van der Waals surface area contributed by atoms with E-state index in [9.17, 15) is 4.79 Å². The summed E-state index contributed by atoms with van der Waals surface area (Å²) in [6, 6.07) is 9.67. The second-order valence-corrected chi connectivity index (χ2v) is 6.82. The first-order valence-corrected chi connectivity index (χ1v) is 8.79. The average Bonchev–Trinajstić information content (AvgIpc) is 3.26. The summed E-state index contributed by atoms with van der Waals surface area (Å²) in [7, 11) is 3.60. The smallest absolute Gasteiger partial charge is 0.279 e. The van der Waals surface area contributed by atoms with E-state index in [1.807, 2.05) is 66.5 Å². The second-order valence-electron chi connectivity index (χ2n) is 6.82. The molecule has 0 radical (unpaired) electrons. The fourth-order valence-electron chi connectivity index (χ4n) is 3.13. The Morgan fingerprint density at radius 3 is 2.44 bits per heavy atom. The Hall–Kier alpha value is -3.35. The summed E-state index contributed by atoms with van der Waals surface area (Å²) < 4.78 is 11.1. The van der Waals surface area contributed by atoms with Gasteiger partial charge in [-0.15, -0.1) is 0 Å². The highest BCUT2D eigenvalue weighted by atomic mass is 16.5. The van der Waals surface area contributed by atoms with E-state index >= 15 is 0 Å². The molecule has 3 heterocycles. The van der Waals surface area contributed by atoms with Crippen LogP contribution < -0.4 is 10.3 Å². The van der Waals surface area contributed by atoms with Crippen molar-refractivity contribution in [1.29, 1.82) is 0 Å². The van der Waals surface area contributed by atoms with Gasteiger partial charge in [0.1, 0.15) is 17.1 Å². The summed E-state index contributed by atoms with van der Waals surface area (Å²) in [5.41, 5.74) is 2.47. The first-order chi connectivity index (χ1) is 13.0. The SMILES string of the molecule is CC(C)c1ncc2c(=O)n(C)c(Oc3ccc(-c4ccnn4C)cc3)cn12. The van der Waals surface area contributed by atoms with Crippen LogP contribution in [0.15, 0.2) is 53.7 Å². The van der Waals surface area contributed by atoms with Crippen molar-refractivity contribution in [1.82, 2.24) is 23.7 Å². The molecule has 4 aromatic rings. The third-order valence-electron chi connectivity index (χ3n) is 4.63. The number of imidazole rings is 1. The molecular formula is C20H21N5O2. The Kier molecular flexibility index (Phi) is 4.07. The molecule has 4 rings (SSSR count). The van der Waals surface area contributed by atoms with Gasteiger partial charge in [-0.3, -0.25) is 18.4 Å². The maximum Gasteiger partial charge on any atom is 0.279 e. The number of rotatable bonds is 4. The van der Waals surface area contributed by atoms with Gasteiger partial charge in [0.15, 0.2) is 0 Å². The number of fused-ring (bicyclic) bond motifs is 1. The van der Waals surface area contributed by atoms with E-state index in [1.54, 1.807) is 19.4 Å². The van der Waals surface area contributed by atoms with Gasteiger partial charge in [0.2, 0.25) is 5.88 Å². The lowest BCUT2D eigenvalue weighted by molar-refractivity contribution is 0.430. The van der Waals surface area contributed by atoms with Crippen molar-refractivity contribution in [2.75, 3.05) is 0 Å². The summed E-state index contributed by atoms with van der Waals surface area (Å²) in [5.74, 6) is 2.15. The standard InChI is InChI=1S/C20H21N5O2/c1-13(2)19-21-11-17-20(26)23(3)18(12-25(17)19)27-15-7-5-14(6-8-15)16-9-10-22-24(16)4/h5-13H,1-4H3. The van der Waals surface area contributed by atoms with Crippen LogP contribution in [0.3, 0.4) is 0 Å². The summed E-state index contributed by atoms with van der Waals surface area (Å²) in [6.07, 6.45) is 5.19. The molecule has 0 bridgehead atoms. The topological polar surface area (TPSA) is 66.4 Å². The molecule has 3 aromatic heterocycles. The predicted molar refractivity (Wildman–Crippen MR) is 103 cm³/mol. The number of hydrogen-bond acceptors (Lipinski definition) is 4. The average molecular weight is 363 g/mol. The van der Waals surface area contributed by atoms with E-state index in [2.05, 4.69) is 10.1 Å². The molecule has 0 aliphatic heterocycles. The van der Waals surface area contributed by atoms with Crippen LogP contribution in [-0.2, 0) is 14.1 Å². The quantitative estimate of drug-likeness (QED) is 0.558. The van der Waals surface area contributed by atoms with Crippen LogP contribution in [0.25, 0.3) is 16.8 Å². The number of ether oxygens (including phenoxy) is 1. The van der Waals surface area contributed by atoms with Gasteiger partial charge in [-0.05, 0) is 30.3 Å². The number of hydrogen-bond donors (Lipinski definition) is 0. The molecule has 7 heteroatoms. The van der Waals surface area contributed by atoms with Gasteiger partial charge in [0.05, 0.1) is 18.1 Å². The fraction of sp³-hybridized carbons (Fsp3) is 0.250. The minimum absolute atomic E-state index is 0.140. The van der Waals surface area contributed by atoms with Crippen molar-refractivity contribution in [2.24, 2.45) is 14.1 Å². The maximum absolute atomic E-state index is 12.6. The van der Waals surface area contributed by atoms with E-state index < -0.39 is 0 Å². The van der Waals surface area contributed by atoms with Crippen LogP contribution in [-0.4, -0.2) is 23.7 Å². The van der Waals surface area contributed by atoms with Crippen molar-refractivity contribution in [2.45, 2.75) is 19.8 Å². The maximum atomic E-state index is 12.6. The normalized spacial score (nSPS) is 11.4. The highest BCUT2D eigenvalue weighted by Crippen LogP contribution is 2.25. The monoisotopic (exact) mass is 363 g/mol. The van der Waals surface area contributed by atoms with E-state index in [4.69, 9.17) is 4.74 Å². The van der Waals surface area contributed by atoms with E-state index in [-0.39, 0.29) is 11.5 Å². The van der Waals surface area contributed by atoms with Crippen LogP contribution in [0.5, 0.6) is 11.6 Å². The summed E-state index contributed by atoms with van der Waals surface area (Å²) >= 11 is 0. The zero-order valence-electron chi connectivity index (χ0n) is 15.7. The molecule has 0 aliphatic rings. The van der Waals surface area contributed by atoms with Gasteiger partial charge in [0, 0.05) is 31.8 Å². The lowest BCUT2D eigenvalue weighted by atomic mass is 10.1. The van der Waals surface area contributed by atoms with Gasteiger partial charge >= 0.3 is 0 Å². The van der Waals surface area contributed by atoms with Crippen LogP contribution >= 0.6 is 0 Å².